The van der Waals surface area contributed by atoms with Crippen LogP contribution in [0.1, 0.15) is 74.7 Å². The first-order valence-corrected chi connectivity index (χ1v) is 7.81. The molecular formula is C17H35NO. The number of hydrogen-bond acceptors (Lipinski definition) is 1. The van der Waals surface area contributed by atoms with Crippen LogP contribution < -0.4 is 0 Å². The molecule has 0 radical (unpaired) electrons. The van der Waals surface area contributed by atoms with Crippen LogP contribution in [0.5, 0.6) is 0 Å². The van der Waals surface area contributed by atoms with Gasteiger partial charge in [-0.25, -0.2) is 0 Å². The summed E-state index contributed by atoms with van der Waals surface area (Å²) < 4.78 is 0. The van der Waals surface area contributed by atoms with Gasteiger partial charge in [-0.05, 0) is 30.1 Å². The van der Waals surface area contributed by atoms with Crippen molar-refractivity contribution < 1.29 is 4.79 Å². The van der Waals surface area contributed by atoms with Crippen LogP contribution in [0.3, 0.4) is 0 Å². The summed E-state index contributed by atoms with van der Waals surface area (Å²) in [6.07, 6.45) is 3.04. The highest BCUT2D eigenvalue weighted by atomic mass is 16.2. The van der Waals surface area contributed by atoms with Crippen LogP contribution in [0.25, 0.3) is 0 Å². The Morgan fingerprint density at radius 1 is 0.947 bits per heavy atom. The van der Waals surface area contributed by atoms with Crippen LogP contribution in [0.15, 0.2) is 0 Å². The maximum atomic E-state index is 12.9. The Bertz CT molecular complexity index is 264. The highest BCUT2D eigenvalue weighted by molar-refractivity contribution is 5.79. The van der Waals surface area contributed by atoms with Crippen LogP contribution >= 0.6 is 0 Å². The van der Waals surface area contributed by atoms with Gasteiger partial charge in [0.2, 0.25) is 5.91 Å². The van der Waals surface area contributed by atoms with Gasteiger partial charge in [0.15, 0.2) is 0 Å². The third-order valence-corrected chi connectivity index (χ3v) is 3.46. The molecular weight excluding hydrogens is 234 g/mol. The molecule has 0 heterocycles. The Labute approximate surface area is 120 Å². The van der Waals surface area contributed by atoms with Gasteiger partial charge in [-0.1, -0.05) is 55.4 Å². The third kappa shape index (κ3) is 6.98. The van der Waals surface area contributed by atoms with E-state index in [4.69, 9.17) is 0 Å². The lowest BCUT2D eigenvalue weighted by Gasteiger charge is -2.38. The molecule has 19 heavy (non-hydrogen) atoms. The van der Waals surface area contributed by atoms with Crippen molar-refractivity contribution in [3.8, 4) is 0 Å². The van der Waals surface area contributed by atoms with E-state index in [0.29, 0.717) is 5.91 Å². The zero-order chi connectivity index (χ0) is 15.3. The Morgan fingerprint density at radius 2 is 1.37 bits per heavy atom. The van der Waals surface area contributed by atoms with E-state index in [1.165, 1.54) is 0 Å². The van der Waals surface area contributed by atoms with Gasteiger partial charge in [0.25, 0.3) is 0 Å². The Morgan fingerprint density at radius 3 is 1.63 bits per heavy atom. The summed E-state index contributed by atoms with van der Waals surface area (Å²) in [5.74, 6) is 0.469. The second-order valence-electron chi connectivity index (χ2n) is 8.01. The second kappa shape index (κ2) is 7.31. The zero-order valence-electron chi connectivity index (χ0n) is 14.5. The van der Waals surface area contributed by atoms with Gasteiger partial charge in [0.1, 0.15) is 0 Å². The van der Waals surface area contributed by atoms with E-state index in [0.717, 1.165) is 32.4 Å². The van der Waals surface area contributed by atoms with Crippen molar-refractivity contribution >= 4 is 5.91 Å². The molecule has 2 nitrogen and oxygen atoms in total. The van der Waals surface area contributed by atoms with Crippen molar-refractivity contribution in [3.63, 3.8) is 0 Å². The molecule has 0 aromatic rings. The van der Waals surface area contributed by atoms with E-state index in [-0.39, 0.29) is 16.7 Å². The number of hydrogen-bond donors (Lipinski definition) is 0. The minimum absolute atomic E-state index is 0.0318. The van der Waals surface area contributed by atoms with E-state index < -0.39 is 0 Å². The van der Waals surface area contributed by atoms with E-state index in [1.807, 2.05) is 0 Å². The summed E-state index contributed by atoms with van der Waals surface area (Å²) in [7, 11) is 0. The first-order valence-electron chi connectivity index (χ1n) is 7.81. The molecule has 0 aromatic carbocycles. The minimum Gasteiger partial charge on any atom is -0.342 e. The van der Waals surface area contributed by atoms with Gasteiger partial charge < -0.3 is 4.90 Å². The quantitative estimate of drug-likeness (QED) is 0.682. The monoisotopic (exact) mass is 269 g/mol. The number of rotatable bonds is 6. The molecule has 2 heteroatoms. The van der Waals surface area contributed by atoms with Crippen molar-refractivity contribution in [2.75, 3.05) is 13.1 Å². The van der Waals surface area contributed by atoms with Gasteiger partial charge >= 0.3 is 0 Å². The molecule has 1 unspecified atom stereocenters. The van der Waals surface area contributed by atoms with E-state index in [2.05, 4.69) is 60.3 Å². The Balaban J connectivity index is 5.07. The summed E-state index contributed by atoms with van der Waals surface area (Å²) in [5.41, 5.74) is 0.224. The highest BCUT2D eigenvalue weighted by Crippen LogP contribution is 2.37. The zero-order valence-corrected chi connectivity index (χ0v) is 14.5. The predicted octanol–water partition coefficient (Wildman–Crippen LogP) is 4.73. The fourth-order valence-electron chi connectivity index (χ4n) is 2.47. The number of carbonyl (C=O) groups is 1. The van der Waals surface area contributed by atoms with E-state index in [1.54, 1.807) is 0 Å². The van der Waals surface area contributed by atoms with Gasteiger partial charge in [0.05, 0.1) is 0 Å². The number of carbonyl (C=O) groups excluding carboxylic acids is 1. The molecule has 0 aromatic heterocycles. The first-order chi connectivity index (χ1) is 8.53. The fraction of sp³-hybridized carbons (Fsp3) is 0.941. The third-order valence-electron chi connectivity index (χ3n) is 3.46. The van der Waals surface area contributed by atoms with Crippen molar-refractivity contribution in [3.05, 3.63) is 0 Å². The lowest BCUT2D eigenvalue weighted by molar-refractivity contribution is -0.140. The molecule has 0 aliphatic rings. The summed E-state index contributed by atoms with van der Waals surface area (Å²) in [6.45, 7) is 19.3. The standard InChI is InChI=1S/C17H35NO/c1-9-11-18(12-10-2)15(19)14(17(6,7)8)13-16(3,4)5/h14H,9-13H2,1-8H3. The number of nitrogens with zero attached hydrogens (tertiary/aromatic N) is 1. The molecule has 114 valence electrons. The normalized spacial score (nSPS) is 14.3. The van der Waals surface area contributed by atoms with E-state index >= 15 is 0 Å². The predicted molar refractivity (Wildman–Crippen MR) is 84.2 cm³/mol. The first kappa shape index (κ1) is 18.5. The lowest BCUT2D eigenvalue weighted by atomic mass is 9.71. The van der Waals surface area contributed by atoms with Crippen LogP contribution in [0.2, 0.25) is 0 Å². The lowest BCUT2D eigenvalue weighted by Crippen LogP contribution is -2.43. The van der Waals surface area contributed by atoms with Crippen molar-refractivity contribution in [1.29, 1.82) is 0 Å². The molecule has 0 bridgehead atoms. The average Bonchev–Trinajstić information content (AvgIpc) is 2.22. The molecule has 0 spiro atoms. The molecule has 0 rings (SSSR count). The second-order valence-corrected chi connectivity index (χ2v) is 8.01. The minimum atomic E-state index is 0.0318. The van der Waals surface area contributed by atoms with Gasteiger partial charge in [-0.15, -0.1) is 0 Å². The molecule has 0 saturated carbocycles. The smallest absolute Gasteiger partial charge is 0.226 e. The number of amides is 1. The van der Waals surface area contributed by atoms with E-state index in [9.17, 15) is 4.79 Å². The Hall–Kier alpha value is -0.530. The van der Waals surface area contributed by atoms with Crippen LogP contribution in [-0.2, 0) is 4.79 Å². The van der Waals surface area contributed by atoms with Gasteiger partial charge in [-0.2, -0.15) is 0 Å². The Kier molecular flexibility index (Phi) is 7.10. The van der Waals surface area contributed by atoms with Crippen molar-refractivity contribution in [2.45, 2.75) is 74.7 Å². The summed E-state index contributed by atoms with van der Waals surface area (Å²) in [6, 6.07) is 0. The maximum absolute atomic E-state index is 12.9. The molecule has 1 atom stereocenters. The molecule has 0 N–H and O–H groups in total. The van der Waals surface area contributed by atoms with Crippen molar-refractivity contribution in [1.82, 2.24) is 4.90 Å². The van der Waals surface area contributed by atoms with Crippen LogP contribution in [0, 0.1) is 16.7 Å². The average molecular weight is 269 g/mol. The largest absolute Gasteiger partial charge is 0.342 e. The van der Waals surface area contributed by atoms with Gasteiger partial charge in [0, 0.05) is 19.0 Å². The fourth-order valence-corrected chi connectivity index (χ4v) is 2.47. The summed E-state index contributed by atoms with van der Waals surface area (Å²) >= 11 is 0. The van der Waals surface area contributed by atoms with Crippen LogP contribution in [-0.4, -0.2) is 23.9 Å². The molecule has 0 saturated heterocycles. The summed E-state index contributed by atoms with van der Waals surface area (Å²) in [4.78, 5) is 14.9. The molecule has 0 fully saturated rings. The van der Waals surface area contributed by atoms with Crippen LogP contribution in [0.4, 0.5) is 0 Å². The highest BCUT2D eigenvalue weighted by Gasteiger charge is 2.36. The topological polar surface area (TPSA) is 20.3 Å². The SMILES string of the molecule is CCCN(CCC)C(=O)C(CC(C)(C)C)C(C)(C)C. The van der Waals surface area contributed by atoms with Crippen molar-refractivity contribution in [2.24, 2.45) is 16.7 Å². The summed E-state index contributed by atoms with van der Waals surface area (Å²) in [5, 5.41) is 0. The maximum Gasteiger partial charge on any atom is 0.226 e. The molecule has 0 aliphatic heterocycles. The molecule has 0 aliphatic carbocycles. The molecule has 1 amide bonds. The van der Waals surface area contributed by atoms with Gasteiger partial charge in [-0.3, -0.25) is 4.79 Å².